The number of hydrogen-bond donors (Lipinski definition) is 1. The van der Waals surface area contributed by atoms with Crippen molar-refractivity contribution in [2.75, 3.05) is 7.05 Å². The van der Waals surface area contributed by atoms with Gasteiger partial charge in [-0.2, -0.15) is 0 Å². The third kappa shape index (κ3) is 3.83. The van der Waals surface area contributed by atoms with Crippen molar-refractivity contribution in [1.82, 2.24) is 5.32 Å². The van der Waals surface area contributed by atoms with E-state index in [0.717, 1.165) is 0 Å². The molecule has 0 aromatic heterocycles. The van der Waals surface area contributed by atoms with Crippen molar-refractivity contribution >= 4 is 0 Å². The summed E-state index contributed by atoms with van der Waals surface area (Å²) in [5, 5.41) is 2.93. The number of nitrogens with one attached hydrogen (secondary N) is 1. The molecule has 0 fully saturated rings. The molecule has 0 aliphatic carbocycles. The van der Waals surface area contributed by atoms with E-state index in [-0.39, 0.29) is 5.41 Å². The zero-order valence-electron chi connectivity index (χ0n) is 6.44. The van der Waals surface area contributed by atoms with E-state index >= 15 is 0 Å². The highest BCUT2D eigenvalue weighted by Crippen LogP contribution is 2.16. The van der Waals surface area contributed by atoms with Crippen LogP contribution in [0.3, 0.4) is 0 Å². The highest BCUT2D eigenvalue weighted by Gasteiger charge is 2.05. The van der Waals surface area contributed by atoms with Gasteiger partial charge in [0.05, 0.1) is 0 Å². The first-order chi connectivity index (χ1) is 4.12. The van der Waals surface area contributed by atoms with Gasteiger partial charge in [0.1, 0.15) is 0 Å². The molecule has 0 atom stereocenters. The molecule has 0 amide bonds. The third-order valence-corrected chi connectivity index (χ3v) is 1.21. The highest BCUT2D eigenvalue weighted by atomic mass is 14.8. The number of allylic oxidation sites excluding steroid dienone is 2. The van der Waals surface area contributed by atoms with Gasteiger partial charge in [-0.15, -0.1) is 6.58 Å². The largest absolute Gasteiger partial charge is 0.394 e. The van der Waals surface area contributed by atoms with E-state index < -0.39 is 0 Å². The molecule has 0 spiro atoms. The molecule has 52 valence electrons. The Morgan fingerprint density at radius 1 is 1.44 bits per heavy atom. The first-order valence-corrected chi connectivity index (χ1v) is 3.11. The van der Waals surface area contributed by atoms with Crippen LogP contribution in [-0.2, 0) is 0 Å². The van der Waals surface area contributed by atoms with E-state index in [1.54, 1.807) is 0 Å². The molecule has 1 nitrogen and oxygen atoms in total. The first-order valence-electron chi connectivity index (χ1n) is 3.11. The van der Waals surface area contributed by atoms with Crippen LogP contribution in [0.1, 0.15) is 13.8 Å². The lowest BCUT2D eigenvalue weighted by molar-refractivity contribution is 0.624. The standard InChI is InChI=1S/C8H15N/c1-5-8(2,3)6-7-9-4/h5-7,9H,1H2,2-4H3/b7-6-. The minimum absolute atomic E-state index is 0.114. The van der Waals surface area contributed by atoms with Gasteiger partial charge in [-0.3, -0.25) is 0 Å². The number of rotatable bonds is 3. The average Bonchev–Trinajstić information content (AvgIpc) is 1.84. The lowest BCUT2D eigenvalue weighted by atomic mass is 9.94. The zero-order valence-corrected chi connectivity index (χ0v) is 6.44. The zero-order chi connectivity index (χ0) is 7.33. The minimum atomic E-state index is 0.114. The smallest absolute Gasteiger partial charge is 0.00276 e. The van der Waals surface area contributed by atoms with Gasteiger partial charge in [0.2, 0.25) is 0 Å². The molecule has 0 aliphatic rings. The molecular formula is C8H15N. The van der Waals surface area contributed by atoms with Crippen LogP contribution in [-0.4, -0.2) is 7.05 Å². The van der Waals surface area contributed by atoms with Gasteiger partial charge in [-0.1, -0.05) is 26.0 Å². The molecule has 0 unspecified atom stereocenters. The Morgan fingerprint density at radius 3 is 2.33 bits per heavy atom. The summed E-state index contributed by atoms with van der Waals surface area (Å²) in [4.78, 5) is 0. The van der Waals surface area contributed by atoms with Crippen molar-refractivity contribution < 1.29 is 0 Å². The van der Waals surface area contributed by atoms with E-state index in [4.69, 9.17) is 0 Å². The summed E-state index contributed by atoms with van der Waals surface area (Å²) in [7, 11) is 1.88. The van der Waals surface area contributed by atoms with Crippen molar-refractivity contribution in [3.8, 4) is 0 Å². The second-order valence-corrected chi connectivity index (χ2v) is 2.65. The van der Waals surface area contributed by atoms with Crippen LogP contribution in [0.2, 0.25) is 0 Å². The monoisotopic (exact) mass is 125 g/mol. The molecule has 0 aromatic rings. The molecule has 0 saturated carbocycles. The van der Waals surface area contributed by atoms with Gasteiger partial charge in [0.15, 0.2) is 0 Å². The van der Waals surface area contributed by atoms with Gasteiger partial charge in [0.25, 0.3) is 0 Å². The maximum atomic E-state index is 3.71. The topological polar surface area (TPSA) is 12.0 Å². The molecule has 0 bridgehead atoms. The fraction of sp³-hybridized carbons (Fsp3) is 0.500. The fourth-order valence-corrected chi connectivity index (χ4v) is 0.366. The maximum absolute atomic E-state index is 3.71. The van der Waals surface area contributed by atoms with Crippen molar-refractivity contribution in [3.63, 3.8) is 0 Å². The average molecular weight is 125 g/mol. The van der Waals surface area contributed by atoms with Crippen LogP contribution in [0.15, 0.2) is 24.9 Å². The van der Waals surface area contributed by atoms with Crippen LogP contribution < -0.4 is 5.32 Å². The lowest BCUT2D eigenvalue weighted by Gasteiger charge is -2.12. The van der Waals surface area contributed by atoms with Crippen LogP contribution in [0.5, 0.6) is 0 Å². The van der Waals surface area contributed by atoms with Crippen LogP contribution in [0.4, 0.5) is 0 Å². The second kappa shape index (κ2) is 3.33. The van der Waals surface area contributed by atoms with Gasteiger partial charge in [0, 0.05) is 12.5 Å². The van der Waals surface area contributed by atoms with E-state index in [1.807, 2.05) is 19.3 Å². The van der Waals surface area contributed by atoms with Crippen molar-refractivity contribution in [2.45, 2.75) is 13.8 Å². The summed E-state index contributed by atoms with van der Waals surface area (Å²) < 4.78 is 0. The Morgan fingerprint density at radius 2 is 2.00 bits per heavy atom. The fourth-order valence-electron chi connectivity index (χ4n) is 0.366. The summed E-state index contributed by atoms with van der Waals surface area (Å²) >= 11 is 0. The van der Waals surface area contributed by atoms with Gasteiger partial charge in [-0.25, -0.2) is 0 Å². The van der Waals surface area contributed by atoms with Crippen LogP contribution >= 0.6 is 0 Å². The lowest BCUT2D eigenvalue weighted by Crippen LogP contribution is -2.03. The molecule has 9 heavy (non-hydrogen) atoms. The molecule has 1 N–H and O–H groups in total. The van der Waals surface area contributed by atoms with Crippen LogP contribution in [0.25, 0.3) is 0 Å². The van der Waals surface area contributed by atoms with Crippen molar-refractivity contribution in [2.24, 2.45) is 5.41 Å². The predicted octanol–water partition coefficient (Wildman–Crippen LogP) is 1.93. The SMILES string of the molecule is C=CC(C)(C)/C=C\NC. The van der Waals surface area contributed by atoms with Gasteiger partial charge < -0.3 is 5.32 Å². The Labute approximate surface area is 57.5 Å². The van der Waals surface area contributed by atoms with E-state index in [9.17, 15) is 0 Å². The summed E-state index contributed by atoms with van der Waals surface area (Å²) in [5.74, 6) is 0. The normalized spacial score (nSPS) is 11.9. The molecule has 0 saturated heterocycles. The molecule has 0 aliphatic heterocycles. The Kier molecular flexibility index (Phi) is 3.07. The quantitative estimate of drug-likeness (QED) is 0.568. The molecule has 0 radical (unpaired) electrons. The van der Waals surface area contributed by atoms with Crippen LogP contribution in [0, 0.1) is 5.41 Å². The van der Waals surface area contributed by atoms with E-state index in [2.05, 4.69) is 31.8 Å². The summed E-state index contributed by atoms with van der Waals surface area (Å²) in [6.45, 7) is 7.92. The van der Waals surface area contributed by atoms with Gasteiger partial charge in [-0.05, 0) is 6.20 Å². The Balaban J connectivity index is 3.84. The Bertz CT molecular complexity index is 112. The predicted molar refractivity (Wildman–Crippen MR) is 42.2 cm³/mol. The first kappa shape index (κ1) is 8.28. The van der Waals surface area contributed by atoms with Crippen molar-refractivity contribution in [1.29, 1.82) is 0 Å². The summed E-state index contributed by atoms with van der Waals surface area (Å²) in [6.07, 6.45) is 5.91. The summed E-state index contributed by atoms with van der Waals surface area (Å²) in [6, 6.07) is 0. The van der Waals surface area contributed by atoms with Crippen molar-refractivity contribution in [3.05, 3.63) is 24.9 Å². The highest BCUT2D eigenvalue weighted by molar-refractivity contribution is 5.03. The maximum Gasteiger partial charge on any atom is 0.00276 e. The minimum Gasteiger partial charge on any atom is -0.394 e. The molecule has 0 rings (SSSR count). The third-order valence-electron chi connectivity index (χ3n) is 1.21. The second-order valence-electron chi connectivity index (χ2n) is 2.65. The number of hydrogen-bond acceptors (Lipinski definition) is 1. The molecule has 0 aromatic carbocycles. The van der Waals surface area contributed by atoms with E-state index in [1.165, 1.54) is 0 Å². The van der Waals surface area contributed by atoms with Gasteiger partial charge >= 0.3 is 0 Å². The molecule has 0 heterocycles. The van der Waals surface area contributed by atoms with E-state index in [0.29, 0.717) is 0 Å². The molecule has 1 heteroatoms. The summed E-state index contributed by atoms with van der Waals surface area (Å²) in [5.41, 5.74) is 0.114. The molecular weight excluding hydrogens is 110 g/mol. The Hall–Kier alpha value is -0.720.